The zero-order valence-electron chi connectivity index (χ0n) is 10.2. The van der Waals surface area contributed by atoms with Crippen LogP contribution in [0.5, 0.6) is 0 Å². The smallest absolute Gasteiger partial charge is 0.368 e. The van der Waals surface area contributed by atoms with Crippen molar-refractivity contribution in [2.75, 3.05) is 6.61 Å². The minimum Gasteiger partial charge on any atom is -0.462 e. The molecule has 1 aliphatic rings. The van der Waals surface area contributed by atoms with Crippen LogP contribution in [0.1, 0.15) is 36.5 Å². The Morgan fingerprint density at radius 3 is 2.78 bits per heavy atom. The average molecular weight is 246 g/mol. The number of benzene rings is 1. The van der Waals surface area contributed by atoms with Crippen molar-refractivity contribution in [3.63, 3.8) is 0 Å². The van der Waals surface area contributed by atoms with E-state index < -0.39 is 6.03 Å². The Hall–Kier alpha value is -2.04. The normalized spacial score (nSPS) is 12.6. The maximum absolute atomic E-state index is 11.7. The van der Waals surface area contributed by atoms with E-state index >= 15 is 0 Å². The molecule has 1 aromatic carbocycles. The minimum atomic E-state index is -0.529. The van der Waals surface area contributed by atoms with Crippen LogP contribution in [0, 0.1) is 0 Å². The average Bonchev–Trinajstić information content (AvgIpc) is 2.73. The molecule has 2 amide bonds. The third-order valence-corrected chi connectivity index (χ3v) is 2.62. The number of ether oxygens (including phenoxy) is 1. The highest BCUT2D eigenvalue weighted by Gasteiger charge is 2.10. The summed E-state index contributed by atoms with van der Waals surface area (Å²) in [6, 6.07) is 4.20. The van der Waals surface area contributed by atoms with Gasteiger partial charge in [0.2, 0.25) is 0 Å². The number of carbonyl (C=O) groups excluding carboxylic acids is 2. The minimum absolute atomic E-state index is 0.386. The Kier molecular flexibility index (Phi) is 3.82. The lowest BCUT2D eigenvalue weighted by molar-refractivity contribution is 0.0498. The molecule has 0 aliphatic carbocycles. The highest BCUT2D eigenvalue weighted by molar-refractivity contribution is 5.89. The van der Waals surface area contributed by atoms with Crippen LogP contribution in [0.2, 0.25) is 0 Å². The molecule has 0 spiro atoms. The van der Waals surface area contributed by atoms with Crippen molar-refractivity contribution in [3.05, 3.63) is 34.5 Å². The molecule has 5 nitrogen and oxygen atoms in total. The van der Waals surface area contributed by atoms with Gasteiger partial charge in [-0.1, -0.05) is 19.8 Å². The van der Waals surface area contributed by atoms with Crippen molar-refractivity contribution in [1.82, 2.24) is 0 Å². The molecule has 0 fully saturated rings. The van der Waals surface area contributed by atoms with Gasteiger partial charge in [0.1, 0.15) is 0 Å². The molecule has 0 N–H and O–H groups in total. The Bertz CT molecular complexity index is 593. The number of hydrogen-bond donors (Lipinski definition) is 0. The number of fused-ring (bicyclic) bond motifs is 1. The second-order valence-electron chi connectivity index (χ2n) is 4.05. The molecule has 0 saturated carbocycles. The van der Waals surface area contributed by atoms with Crippen molar-refractivity contribution >= 4 is 12.0 Å². The van der Waals surface area contributed by atoms with E-state index in [9.17, 15) is 9.59 Å². The third-order valence-electron chi connectivity index (χ3n) is 2.62. The summed E-state index contributed by atoms with van der Waals surface area (Å²) >= 11 is 0. The molecule has 0 bridgehead atoms. The van der Waals surface area contributed by atoms with Gasteiger partial charge in [0, 0.05) is 0 Å². The molecule has 0 saturated heterocycles. The summed E-state index contributed by atoms with van der Waals surface area (Å²) in [5.41, 5.74) is 0.402. The van der Waals surface area contributed by atoms with Gasteiger partial charge in [-0.05, 0) is 24.6 Å². The Morgan fingerprint density at radius 2 is 2.00 bits per heavy atom. The standard InChI is InChI=1S/C13H14N2O3/c1-2-3-4-7-18-12(16)9-5-6-10-11(8-9)15-13(17)14-10/h5-6,8H,2-4,7H2,1H3. The zero-order valence-corrected chi connectivity index (χ0v) is 10.2. The number of unbranched alkanes of at least 4 members (excludes halogenated alkanes) is 2. The zero-order chi connectivity index (χ0) is 13.0. The summed E-state index contributed by atoms with van der Waals surface area (Å²) < 4.78 is 5.12. The maximum Gasteiger partial charge on any atom is 0.368 e. The van der Waals surface area contributed by atoms with Crippen LogP contribution >= 0.6 is 0 Å². The quantitative estimate of drug-likeness (QED) is 0.582. The first kappa shape index (κ1) is 12.4. The van der Waals surface area contributed by atoms with Crippen molar-refractivity contribution in [2.24, 2.45) is 9.98 Å². The highest BCUT2D eigenvalue weighted by atomic mass is 16.5. The topological polar surface area (TPSA) is 68.1 Å². The fourth-order valence-electron chi connectivity index (χ4n) is 1.67. The molecule has 94 valence electrons. The number of amides is 2. The lowest BCUT2D eigenvalue weighted by Gasteiger charge is -2.03. The SMILES string of the molecule is CCCCCOC(=O)c1ccc2c(c1)=NC(=O)N=2. The van der Waals surface area contributed by atoms with Crippen LogP contribution in [0.25, 0.3) is 0 Å². The first-order valence-electron chi connectivity index (χ1n) is 5.99. The molecule has 1 aromatic rings. The predicted octanol–water partition coefficient (Wildman–Crippen LogP) is 1.41. The maximum atomic E-state index is 11.7. The monoisotopic (exact) mass is 246 g/mol. The van der Waals surface area contributed by atoms with E-state index in [1.165, 1.54) is 6.07 Å². The fraction of sp³-hybridized carbons (Fsp3) is 0.385. The third kappa shape index (κ3) is 2.80. The van der Waals surface area contributed by atoms with Crippen molar-refractivity contribution in [2.45, 2.75) is 26.2 Å². The summed E-state index contributed by atoms with van der Waals surface area (Å²) in [6.07, 6.45) is 2.99. The Labute approximate surface area is 104 Å². The molecule has 0 unspecified atom stereocenters. The number of urea groups is 1. The predicted molar refractivity (Wildman–Crippen MR) is 64.0 cm³/mol. The van der Waals surface area contributed by atoms with Crippen LogP contribution in [-0.2, 0) is 4.74 Å². The van der Waals surface area contributed by atoms with Crippen molar-refractivity contribution in [3.8, 4) is 0 Å². The molecule has 1 aliphatic heterocycles. The summed E-state index contributed by atoms with van der Waals surface area (Å²) in [7, 11) is 0. The van der Waals surface area contributed by atoms with Crippen molar-refractivity contribution < 1.29 is 14.3 Å². The molecular weight excluding hydrogens is 232 g/mol. The Morgan fingerprint density at radius 1 is 1.22 bits per heavy atom. The van der Waals surface area contributed by atoms with Gasteiger partial charge in [-0.2, -0.15) is 9.98 Å². The highest BCUT2D eigenvalue weighted by Crippen LogP contribution is 2.00. The number of carbonyl (C=O) groups is 2. The summed E-state index contributed by atoms with van der Waals surface area (Å²) in [5.74, 6) is -0.386. The van der Waals surface area contributed by atoms with Crippen LogP contribution in [0.3, 0.4) is 0 Å². The molecule has 0 aromatic heterocycles. The number of rotatable bonds is 5. The summed E-state index contributed by atoms with van der Waals surface area (Å²) in [4.78, 5) is 30.1. The molecule has 0 radical (unpaired) electrons. The first-order chi connectivity index (χ1) is 8.70. The molecule has 0 atom stereocenters. The van der Waals surface area contributed by atoms with E-state index in [0.717, 1.165) is 19.3 Å². The van der Waals surface area contributed by atoms with Gasteiger partial charge in [-0.25, -0.2) is 9.59 Å². The first-order valence-corrected chi connectivity index (χ1v) is 5.99. The number of nitrogens with zero attached hydrogens (tertiary/aromatic N) is 2. The van der Waals surface area contributed by atoms with E-state index in [0.29, 0.717) is 22.9 Å². The van der Waals surface area contributed by atoms with Crippen LogP contribution in [0.4, 0.5) is 4.79 Å². The van der Waals surface area contributed by atoms with E-state index in [1.54, 1.807) is 12.1 Å². The van der Waals surface area contributed by atoms with Crippen LogP contribution < -0.4 is 10.7 Å². The van der Waals surface area contributed by atoms with Gasteiger partial charge in [0.25, 0.3) is 0 Å². The lowest BCUT2D eigenvalue weighted by Crippen LogP contribution is -2.23. The fourth-order valence-corrected chi connectivity index (χ4v) is 1.67. The Balaban J connectivity index is 2.05. The van der Waals surface area contributed by atoms with E-state index in [1.807, 2.05) is 0 Å². The molecule has 1 heterocycles. The second kappa shape index (κ2) is 5.53. The summed E-state index contributed by atoms with van der Waals surface area (Å²) in [6.45, 7) is 2.51. The molecule has 2 rings (SSSR count). The molecular formula is C13H14N2O3. The van der Waals surface area contributed by atoms with E-state index in [-0.39, 0.29) is 5.97 Å². The van der Waals surface area contributed by atoms with Gasteiger partial charge in [0.05, 0.1) is 22.9 Å². The van der Waals surface area contributed by atoms with Gasteiger partial charge in [0.15, 0.2) is 0 Å². The van der Waals surface area contributed by atoms with Gasteiger partial charge in [-0.15, -0.1) is 0 Å². The second-order valence-corrected chi connectivity index (χ2v) is 4.05. The molecule has 18 heavy (non-hydrogen) atoms. The van der Waals surface area contributed by atoms with Gasteiger partial charge >= 0.3 is 12.0 Å². The van der Waals surface area contributed by atoms with Gasteiger partial charge < -0.3 is 4.74 Å². The van der Waals surface area contributed by atoms with E-state index in [4.69, 9.17) is 4.74 Å². The van der Waals surface area contributed by atoms with E-state index in [2.05, 4.69) is 16.9 Å². The largest absolute Gasteiger partial charge is 0.462 e. The van der Waals surface area contributed by atoms with Crippen LogP contribution in [-0.4, -0.2) is 18.6 Å². The van der Waals surface area contributed by atoms with Crippen molar-refractivity contribution in [1.29, 1.82) is 0 Å². The lowest BCUT2D eigenvalue weighted by atomic mass is 10.2. The van der Waals surface area contributed by atoms with Gasteiger partial charge in [-0.3, -0.25) is 0 Å². The van der Waals surface area contributed by atoms with Crippen LogP contribution in [0.15, 0.2) is 28.2 Å². The number of hydrogen-bond acceptors (Lipinski definition) is 3. The summed E-state index contributed by atoms with van der Waals surface area (Å²) in [5, 5.41) is 0.936. The molecule has 5 heteroatoms. The number of esters is 1.